The molecule has 194 valence electrons. The number of fused-ring (bicyclic) bond motifs is 1. The van der Waals surface area contributed by atoms with Crippen molar-refractivity contribution in [1.82, 2.24) is 24.8 Å². The number of hydrogen-bond acceptors (Lipinski definition) is 8. The van der Waals surface area contributed by atoms with E-state index in [1.807, 2.05) is 47.0 Å². The summed E-state index contributed by atoms with van der Waals surface area (Å²) >= 11 is 1.37. The van der Waals surface area contributed by atoms with Crippen LogP contribution in [0.4, 0.5) is 16.3 Å². The maximum Gasteiger partial charge on any atom is 0.319 e. The third kappa shape index (κ3) is 6.62. The highest BCUT2D eigenvalue weighted by atomic mass is 32.2. The number of aromatic nitrogens is 4. The molecule has 0 atom stereocenters. The summed E-state index contributed by atoms with van der Waals surface area (Å²) in [6.07, 6.45) is 4.42. The first-order chi connectivity index (χ1) is 18.0. The zero-order valence-electron chi connectivity index (χ0n) is 21.2. The van der Waals surface area contributed by atoms with Crippen molar-refractivity contribution in [3.05, 3.63) is 54.4 Å². The number of nitrogens with zero attached hydrogens (tertiary/aromatic N) is 4. The first-order valence-electron chi connectivity index (χ1n) is 12.0. The van der Waals surface area contributed by atoms with Crippen LogP contribution >= 0.6 is 11.8 Å². The van der Waals surface area contributed by atoms with Crippen molar-refractivity contribution >= 4 is 29.3 Å². The second-order valence-corrected chi connectivity index (χ2v) is 9.31. The quantitative estimate of drug-likeness (QED) is 0.242. The standard InChI is InChI=1S/C26H31N7O3S/c1-4-5-13-28-25(34)30-18-8-6-17(7-9-18)12-14-33-16-29-23(27)22-24(33)32-26(31-22)37-21-15-19(35-2)10-11-20(21)36-3/h6-11,15-16H,4-5,12-14,27H2,1-3H3,(H2,28,30,34). The number of benzene rings is 2. The number of carbonyl (C=O) groups is 1. The number of urea groups is 1. The van der Waals surface area contributed by atoms with Crippen LogP contribution < -0.4 is 25.8 Å². The van der Waals surface area contributed by atoms with Gasteiger partial charge in [-0.2, -0.15) is 0 Å². The minimum atomic E-state index is -0.192. The lowest BCUT2D eigenvalue weighted by Crippen LogP contribution is -2.29. The molecule has 0 fully saturated rings. The van der Waals surface area contributed by atoms with E-state index in [-0.39, 0.29) is 6.03 Å². The van der Waals surface area contributed by atoms with Crippen molar-refractivity contribution in [2.24, 2.45) is 0 Å². The third-order valence-electron chi connectivity index (χ3n) is 5.71. The Kier molecular flexibility index (Phi) is 8.68. The van der Waals surface area contributed by atoms with Crippen LogP contribution in [0, 0.1) is 0 Å². The summed E-state index contributed by atoms with van der Waals surface area (Å²) < 4.78 is 12.8. The molecule has 0 aromatic heterocycles. The van der Waals surface area contributed by atoms with Crippen LogP contribution in [0.3, 0.4) is 0 Å². The minimum absolute atomic E-state index is 0.192. The lowest BCUT2D eigenvalue weighted by molar-refractivity contribution is 0.252. The van der Waals surface area contributed by atoms with Crippen molar-refractivity contribution in [3.8, 4) is 23.0 Å². The van der Waals surface area contributed by atoms with Crippen molar-refractivity contribution < 1.29 is 14.3 Å². The Bertz CT molecular complexity index is 1310. The van der Waals surface area contributed by atoms with Crippen LogP contribution in [0.25, 0.3) is 11.5 Å². The lowest BCUT2D eigenvalue weighted by atomic mass is 10.1. The van der Waals surface area contributed by atoms with Gasteiger partial charge in [-0.15, -0.1) is 0 Å². The fourth-order valence-electron chi connectivity index (χ4n) is 3.66. The summed E-state index contributed by atoms with van der Waals surface area (Å²) in [7, 11) is 3.24. The average molecular weight is 522 g/mol. The van der Waals surface area contributed by atoms with Crippen molar-refractivity contribution in [1.29, 1.82) is 0 Å². The molecule has 4 N–H and O–H groups in total. The average Bonchev–Trinajstić information content (AvgIpc) is 3.34. The number of nitrogens with two attached hydrogens (primary N) is 1. The van der Waals surface area contributed by atoms with Crippen LogP contribution in [0.1, 0.15) is 25.3 Å². The van der Waals surface area contributed by atoms with E-state index in [2.05, 4.69) is 27.5 Å². The van der Waals surface area contributed by atoms with Gasteiger partial charge < -0.3 is 30.4 Å². The first kappa shape index (κ1) is 26.1. The fourth-order valence-corrected chi connectivity index (χ4v) is 4.56. The number of rotatable bonds is 11. The smallest absolute Gasteiger partial charge is 0.319 e. The second kappa shape index (κ2) is 12.3. The van der Waals surface area contributed by atoms with Crippen LogP contribution in [0.5, 0.6) is 11.5 Å². The highest BCUT2D eigenvalue weighted by Gasteiger charge is 2.20. The van der Waals surface area contributed by atoms with E-state index in [1.165, 1.54) is 11.8 Å². The van der Waals surface area contributed by atoms with Gasteiger partial charge in [-0.05, 0) is 60.5 Å². The van der Waals surface area contributed by atoms with Gasteiger partial charge in [0.25, 0.3) is 0 Å². The number of nitrogens with one attached hydrogen (secondary N) is 2. The Morgan fingerprint density at radius 2 is 1.92 bits per heavy atom. The number of ether oxygens (including phenoxy) is 2. The number of carbonyl (C=O) groups excluding carboxylic acids is 1. The maximum atomic E-state index is 11.9. The molecule has 0 radical (unpaired) electrons. The van der Waals surface area contributed by atoms with Gasteiger partial charge in [-0.3, -0.25) is 0 Å². The summed E-state index contributed by atoms with van der Waals surface area (Å²) in [4.78, 5) is 26.4. The molecule has 0 saturated carbocycles. The molecule has 10 nitrogen and oxygen atoms in total. The molecular weight excluding hydrogens is 490 g/mol. The zero-order chi connectivity index (χ0) is 26.2. The fraction of sp³-hybridized carbons (Fsp3) is 0.308. The summed E-state index contributed by atoms with van der Waals surface area (Å²) in [6.45, 7) is 3.39. The number of aryl methyl sites for hydroxylation is 2. The predicted molar refractivity (Wildman–Crippen MR) is 145 cm³/mol. The monoisotopic (exact) mass is 521 g/mol. The van der Waals surface area contributed by atoms with Crippen LogP contribution in [-0.2, 0) is 13.0 Å². The molecular formula is C26H31N7O3S. The highest BCUT2D eigenvalue weighted by Crippen LogP contribution is 2.38. The molecule has 0 saturated heterocycles. The number of imidazole rings is 1. The predicted octanol–water partition coefficient (Wildman–Crippen LogP) is 4.69. The van der Waals surface area contributed by atoms with Gasteiger partial charge in [-0.25, -0.2) is 19.7 Å². The van der Waals surface area contributed by atoms with E-state index in [1.54, 1.807) is 20.5 Å². The van der Waals surface area contributed by atoms with Crippen molar-refractivity contribution in [3.63, 3.8) is 0 Å². The van der Waals surface area contributed by atoms with E-state index in [4.69, 9.17) is 20.2 Å². The molecule has 4 rings (SSSR count). The molecule has 0 spiro atoms. The summed E-state index contributed by atoms with van der Waals surface area (Å²) in [5.74, 6) is 2.42. The minimum Gasteiger partial charge on any atom is -0.497 e. The number of unbranched alkanes of at least 4 members (excludes halogenated alkanes) is 1. The SMILES string of the molecule is CCCCNC(=O)Nc1ccc(CCn2cnc(N)c3nc(Sc4cc(OC)ccc4OC)nc2-3)cc1. The Balaban J connectivity index is 1.44. The van der Waals surface area contributed by atoms with Gasteiger partial charge in [0, 0.05) is 18.8 Å². The van der Waals surface area contributed by atoms with Gasteiger partial charge >= 0.3 is 6.03 Å². The number of anilines is 2. The number of amides is 2. The molecule has 11 heteroatoms. The van der Waals surface area contributed by atoms with Crippen LogP contribution in [0.2, 0.25) is 0 Å². The van der Waals surface area contributed by atoms with Gasteiger partial charge in [0.05, 0.1) is 25.4 Å². The number of methoxy groups -OCH3 is 2. The van der Waals surface area contributed by atoms with Gasteiger partial charge in [0.15, 0.2) is 22.5 Å². The number of nitrogen functional groups attached to an aromatic ring is 1. The molecule has 0 bridgehead atoms. The van der Waals surface area contributed by atoms with E-state index >= 15 is 0 Å². The Labute approximate surface area is 220 Å². The van der Waals surface area contributed by atoms with Crippen molar-refractivity contribution in [2.45, 2.75) is 42.8 Å². The lowest BCUT2D eigenvalue weighted by Gasteiger charge is -2.12. The van der Waals surface area contributed by atoms with E-state index in [9.17, 15) is 4.79 Å². The molecule has 2 heterocycles. The maximum absolute atomic E-state index is 11.9. The molecule has 37 heavy (non-hydrogen) atoms. The molecule has 2 aromatic rings. The second-order valence-electron chi connectivity index (χ2n) is 8.30. The molecule has 2 aliphatic heterocycles. The summed E-state index contributed by atoms with van der Waals surface area (Å²) in [5.41, 5.74) is 8.53. The Morgan fingerprint density at radius 3 is 2.65 bits per heavy atom. The molecule has 0 unspecified atom stereocenters. The van der Waals surface area contributed by atoms with Crippen LogP contribution in [0.15, 0.2) is 58.8 Å². The topological polar surface area (TPSA) is 129 Å². The van der Waals surface area contributed by atoms with Gasteiger partial charge in [0.2, 0.25) is 0 Å². The van der Waals surface area contributed by atoms with Gasteiger partial charge in [-0.1, -0.05) is 25.5 Å². The highest BCUT2D eigenvalue weighted by molar-refractivity contribution is 7.99. The van der Waals surface area contributed by atoms with Crippen LogP contribution in [-0.4, -0.2) is 46.3 Å². The molecule has 0 aliphatic carbocycles. The number of hydrogen-bond donors (Lipinski definition) is 3. The van der Waals surface area contributed by atoms with Crippen molar-refractivity contribution in [2.75, 3.05) is 31.8 Å². The largest absolute Gasteiger partial charge is 0.497 e. The van der Waals surface area contributed by atoms with E-state index in [0.717, 1.165) is 35.4 Å². The Morgan fingerprint density at radius 1 is 1.11 bits per heavy atom. The van der Waals surface area contributed by atoms with E-state index in [0.29, 0.717) is 47.1 Å². The molecule has 2 aromatic carbocycles. The third-order valence-corrected chi connectivity index (χ3v) is 6.62. The van der Waals surface area contributed by atoms with E-state index < -0.39 is 0 Å². The first-order valence-corrected chi connectivity index (χ1v) is 12.8. The molecule has 2 amide bonds. The molecule has 2 aliphatic rings. The van der Waals surface area contributed by atoms with Gasteiger partial charge in [0.1, 0.15) is 11.5 Å². The normalized spacial score (nSPS) is 10.9. The Hall–Kier alpha value is -3.99. The zero-order valence-corrected chi connectivity index (χ0v) is 22.0. The summed E-state index contributed by atoms with van der Waals surface area (Å²) in [5, 5.41) is 6.24. The summed E-state index contributed by atoms with van der Waals surface area (Å²) in [6, 6.07) is 13.2.